The van der Waals surface area contributed by atoms with Crippen molar-refractivity contribution in [3.8, 4) is 17.0 Å². The van der Waals surface area contributed by atoms with Crippen molar-refractivity contribution in [2.24, 2.45) is 0 Å². The maximum atomic E-state index is 15.0. The SMILES string of the molecule is COc1nc(N[C@@H]2CCN(C3COC3)C[C@@H]2F)nn2ccc(-c3ccc4nnn(C5CC(F)(F)C5)c4c3)c12. The van der Waals surface area contributed by atoms with Gasteiger partial charge >= 0.3 is 0 Å². The molecular weight excluding hydrogens is 501 g/mol. The molecule has 0 amide bonds. The fourth-order valence-corrected chi connectivity index (χ4v) is 5.63. The number of nitrogens with one attached hydrogen (secondary N) is 1. The number of ether oxygens (including phenoxy) is 2. The lowest BCUT2D eigenvalue weighted by atomic mass is 9.88. The zero-order valence-electron chi connectivity index (χ0n) is 20.7. The first-order chi connectivity index (χ1) is 18.4. The Morgan fingerprint density at radius 3 is 2.71 bits per heavy atom. The van der Waals surface area contributed by atoms with Crippen molar-refractivity contribution in [2.75, 3.05) is 38.7 Å². The molecule has 0 radical (unpaired) electrons. The van der Waals surface area contributed by atoms with E-state index >= 15 is 0 Å². The predicted molar refractivity (Wildman–Crippen MR) is 132 cm³/mol. The maximum Gasteiger partial charge on any atom is 0.252 e. The Labute approximate surface area is 215 Å². The number of methoxy groups -OCH3 is 1. The van der Waals surface area contributed by atoms with Crippen LogP contribution in [0.3, 0.4) is 0 Å². The molecule has 0 bridgehead atoms. The van der Waals surface area contributed by atoms with E-state index in [9.17, 15) is 13.2 Å². The molecule has 2 atom stereocenters. The highest BCUT2D eigenvalue weighted by atomic mass is 19.3. The van der Waals surface area contributed by atoms with E-state index < -0.39 is 18.1 Å². The molecule has 1 saturated carbocycles. The van der Waals surface area contributed by atoms with Crippen LogP contribution in [0.25, 0.3) is 27.7 Å². The van der Waals surface area contributed by atoms with Crippen molar-refractivity contribution in [1.29, 1.82) is 0 Å². The predicted octanol–water partition coefficient (Wildman–Crippen LogP) is 3.34. The van der Waals surface area contributed by atoms with Crippen LogP contribution in [0.15, 0.2) is 30.5 Å². The third kappa shape index (κ3) is 3.95. The number of hydrogen-bond acceptors (Lipinski definition) is 8. The number of fused-ring (bicyclic) bond motifs is 2. The summed E-state index contributed by atoms with van der Waals surface area (Å²) in [6, 6.07) is 7.02. The summed E-state index contributed by atoms with van der Waals surface area (Å²) >= 11 is 0. The molecule has 2 saturated heterocycles. The van der Waals surface area contributed by atoms with Gasteiger partial charge in [-0.1, -0.05) is 11.3 Å². The molecule has 2 aliphatic heterocycles. The van der Waals surface area contributed by atoms with Crippen LogP contribution in [0.1, 0.15) is 25.3 Å². The number of anilines is 1. The lowest BCUT2D eigenvalue weighted by Gasteiger charge is -2.42. The second-order valence-electron chi connectivity index (χ2n) is 10.4. The Balaban J connectivity index is 1.17. The van der Waals surface area contributed by atoms with E-state index in [1.54, 1.807) is 15.4 Å². The van der Waals surface area contributed by atoms with Crippen LogP contribution < -0.4 is 10.1 Å². The fraction of sp³-hybridized carbons (Fsp3) is 0.520. The third-order valence-electron chi connectivity index (χ3n) is 7.89. The molecule has 5 heterocycles. The number of rotatable bonds is 6. The van der Waals surface area contributed by atoms with Crippen LogP contribution in [0.2, 0.25) is 0 Å². The third-order valence-corrected chi connectivity index (χ3v) is 7.89. The number of hydrogen-bond donors (Lipinski definition) is 1. The number of alkyl halides is 3. The van der Waals surface area contributed by atoms with E-state index in [1.807, 2.05) is 24.3 Å². The highest BCUT2D eigenvalue weighted by Gasteiger charge is 2.47. The van der Waals surface area contributed by atoms with Crippen molar-refractivity contribution in [1.82, 2.24) is 34.5 Å². The normalized spacial score (nSPS) is 24.4. The van der Waals surface area contributed by atoms with Gasteiger partial charge in [0, 0.05) is 37.7 Å². The van der Waals surface area contributed by atoms with Gasteiger partial charge in [0.25, 0.3) is 5.92 Å². The first-order valence-corrected chi connectivity index (χ1v) is 12.8. The molecule has 1 N–H and O–H groups in total. The minimum Gasteiger partial charge on any atom is -0.479 e. The van der Waals surface area contributed by atoms with Gasteiger partial charge in [-0.15, -0.1) is 10.2 Å². The van der Waals surface area contributed by atoms with Crippen LogP contribution in [0.5, 0.6) is 5.88 Å². The molecular formula is C25H27F3N8O2. The molecule has 3 aromatic heterocycles. The average molecular weight is 529 g/mol. The van der Waals surface area contributed by atoms with Crippen molar-refractivity contribution < 1.29 is 22.6 Å². The molecule has 3 aliphatic rings. The molecule has 1 aromatic carbocycles. The average Bonchev–Trinajstić information content (AvgIpc) is 3.46. The van der Waals surface area contributed by atoms with E-state index in [2.05, 4.69) is 30.6 Å². The quantitative estimate of drug-likeness (QED) is 0.407. The summed E-state index contributed by atoms with van der Waals surface area (Å²) in [5.74, 6) is -2.03. The number of nitrogens with zero attached hydrogens (tertiary/aromatic N) is 7. The topological polar surface area (TPSA) is 94.6 Å². The van der Waals surface area contributed by atoms with Gasteiger partial charge in [0.1, 0.15) is 17.2 Å². The van der Waals surface area contributed by atoms with Gasteiger partial charge in [-0.25, -0.2) is 22.4 Å². The van der Waals surface area contributed by atoms with Crippen LogP contribution in [-0.4, -0.2) is 92.1 Å². The Morgan fingerprint density at radius 1 is 1.16 bits per heavy atom. The largest absolute Gasteiger partial charge is 0.479 e. The molecule has 200 valence electrons. The summed E-state index contributed by atoms with van der Waals surface area (Å²) in [5, 5.41) is 16.0. The van der Waals surface area contributed by atoms with Gasteiger partial charge in [0.15, 0.2) is 0 Å². The molecule has 0 spiro atoms. The van der Waals surface area contributed by atoms with E-state index in [0.29, 0.717) is 54.7 Å². The van der Waals surface area contributed by atoms with Gasteiger partial charge in [0.05, 0.1) is 44.0 Å². The minimum atomic E-state index is -2.65. The van der Waals surface area contributed by atoms with Crippen LogP contribution in [0, 0.1) is 0 Å². The Bertz CT molecular complexity index is 1490. The van der Waals surface area contributed by atoms with Crippen molar-refractivity contribution in [3.05, 3.63) is 30.5 Å². The molecule has 0 unspecified atom stereocenters. The number of likely N-dealkylation sites (tertiary alicyclic amines) is 1. The molecule has 4 aromatic rings. The van der Waals surface area contributed by atoms with Gasteiger partial charge in [-0.3, -0.25) is 4.90 Å². The molecule has 3 fully saturated rings. The molecule has 10 nitrogen and oxygen atoms in total. The Hall–Kier alpha value is -3.45. The van der Waals surface area contributed by atoms with Crippen LogP contribution >= 0.6 is 0 Å². The number of halogens is 3. The summed E-state index contributed by atoms with van der Waals surface area (Å²) in [7, 11) is 1.53. The fourth-order valence-electron chi connectivity index (χ4n) is 5.63. The first kappa shape index (κ1) is 23.7. The Kier molecular flexibility index (Phi) is 5.48. The second-order valence-corrected chi connectivity index (χ2v) is 10.4. The number of piperidine rings is 1. The molecule has 1 aliphatic carbocycles. The maximum absolute atomic E-state index is 15.0. The molecule has 38 heavy (non-hydrogen) atoms. The van der Waals surface area contributed by atoms with Crippen molar-refractivity contribution in [2.45, 2.75) is 49.5 Å². The Morgan fingerprint density at radius 2 is 2.00 bits per heavy atom. The summed E-state index contributed by atoms with van der Waals surface area (Å²) in [4.78, 5) is 6.69. The standard InChI is InChI=1S/C25H27F3N8O2/c1-37-23-22-17(14-2-3-20-21(8-14)36(33-31-20)15-9-25(27,28)10-15)4-7-35(22)32-24(30-23)29-19-5-6-34(11-18(19)26)16-12-38-13-16/h2-4,7-8,15-16,18-19H,5-6,9-13H2,1H3,(H,29,32)/t18-,19+/m0/s1. The second kappa shape index (κ2) is 8.80. The van der Waals surface area contributed by atoms with Gasteiger partial charge in [0.2, 0.25) is 11.8 Å². The van der Waals surface area contributed by atoms with Crippen LogP contribution in [-0.2, 0) is 4.74 Å². The monoisotopic (exact) mass is 528 g/mol. The lowest BCUT2D eigenvalue weighted by Crippen LogP contribution is -2.57. The summed E-state index contributed by atoms with van der Waals surface area (Å²) < 4.78 is 56.1. The lowest BCUT2D eigenvalue weighted by molar-refractivity contribution is -0.106. The minimum absolute atomic E-state index is 0.240. The molecule has 13 heteroatoms. The number of benzene rings is 1. The van der Waals surface area contributed by atoms with E-state index in [-0.39, 0.29) is 24.8 Å². The van der Waals surface area contributed by atoms with Crippen molar-refractivity contribution in [3.63, 3.8) is 0 Å². The summed E-state index contributed by atoms with van der Waals surface area (Å²) in [5.41, 5.74) is 3.60. The molecule has 7 rings (SSSR count). The first-order valence-electron chi connectivity index (χ1n) is 12.8. The zero-order valence-corrected chi connectivity index (χ0v) is 20.7. The van der Waals surface area contributed by atoms with Crippen molar-refractivity contribution >= 4 is 22.5 Å². The highest BCUT2D eigenvalue weighted by Crippen LogP contribution is 2.46. The number of aromatic nitrogens is 6. The summed E-state index contributed by atoms with van der Waals surface area (Å²) in [6.07, 6.45) is 0.882. The van der Waals surface area contributed by atoms with Crippen LogP contribution in [0.4, 0.5) is 19.1 Å². The van der Waals surface area contributed by atoms with Gasteiger partial charge in [-0.05, 0) is 30.2 Å². The highest BCUT2D eigenvalue weighted by molar-refractivity contribution is 5.89. The van der Waals surface area contributed by atoms with E-state index in [0.717, 1.165) is 17.7 Å². The van der Waals surface area contributed by atoms with Gasteiger partial charge in [-0.2, -0.15) is 4.98 Å². The van der Waals surface area contributed by atoms with Gasteiger partial charge < -0.3 is 14.8 Å². The zero-order chi connectivity index (χ0) is 26.0. The summed E-state index contributed by atoms with van der Waals surface area (Å²) in [6.45, 7) is 2.47. The smallest absolute Gasteiger partial charge is 0.252 e. The van der Waals surface area contributed by atoms with E-state index in [1.165, 1.54) is 7.11 Å². The van der Waals surface area contributed by atoms with E-state index in [4.69, 9.17) is 9.47 Å².